The number of aromatic nitrogens is 1. The van der Waals surface area contributed by atoms with Crippen molar-refractivity contribution in [2.45, 2.75) is 52.0 Å². The highest BCUT2D eigenvalue weighted by atomic mass is 35.5. The Bertz CT molecular complexity index is 664. The average molecular weight is 418 g/mol. The Kier molecular flexibility index (Phi) is 9.31. The molecule has 0 saturated carbocycles. The highest BCUT2D eigenvalue weighted by Crippen LogP contribution is 2.34. The molecule has 7 heteroatoms. The summed E-state index contributed by atoms with van der Waals surface area (Å²) in [5, 5.41) is 7.70. The van der Waals surface area contributed by atoms with E-state index in [4.69, 9.17) is 4.98 Å². The van der Waals surface area contributed by atoms with Crippen LogP contribution in [0.5, 0.6) is 0 Å². The number of hydrogen-bond acceptors (Lipinski definition) is 4. The van der Waals surface area contributed by atoms with E-state index in [-0.39, 0.29) is 36.1 Å². The Labute approximate surface area is 172 Å². The maximum absolute atomic E-state index is 12.9. The second kappa shape index (κ2) is 10.5. The zero-order chi connectivity index (χ0) is 17.0. The van der Waals surface area contributed by atoms with Crippen LogP contribution >= 0.6 is 36.2 Å². The van der Waals surface area contributed by atoms with Gasteiger partial charge in [-0.2, -0.15) is 0 Å². The maximum atomic E-state index is 12.9. The largest absolute Gasteiger partial charge is 0.354 e. The van der Waals surface area contributed by atoms with Gasteiger partial charge in [-0.3, -0.25) is 4.79 Å². The van der Waals surface area contributed by atoms with E-state index in [9.17, 15) is 4.79 Å². The van der Waals surface area contributed by atoms with E-state index in [1.165, 1.54) is 11.1 Å². The average Bonchev–Trinajstić information content (AvgIpc) is 3.26. The van der Waals surface area contributed by atoms with Gasteiger partial charge in [0.25, 0.3) is 0 Å². The molecule has 0 radical (unpaired) electrons. The van der Waals surface area contributed by atoms with Crippen LogP contribution in [0.1, 0.15) is 44.5 Å². The lowest BCUT2D eigenvalue weighted by molar-refractivity contribution is -0.131. The Morgan fingerprint density at radius 2 is 2.04 bits per heavy atom. The van der Waals surface area contributed by atoms with Crippen LogP contribution in [-0.2, 0) is 11.2 Å². The molecule has 1 aliphatic rings. The predicted octanol–water partition coefficient (Wildman–Crippen LogP) is 4.36. The van der Waals surface area contributed by atoms with Gasteiger partial charge in [0.2, 0.25) is 5.91 Å². The molecule has 1 saturated heterocycles. The summed E-state index contributed by atoms with van der Waals surface area (Å²) < 4.78 is 1.20. The number of carbonyl (C=O) groups is 1. The molecule has 2 heterocycles. The molecule has 1 amide bonds. The number of fused-ring (bicyclic) bond motifs is 1. The molecule has 0 aliphatic carbocycles. The van der Waals surface area contributed by atoms with Gasteiger partial charge in [-0.1, -0.05) is 26.0 Å². The van der Waals surface area contributed by atoms with Crippen LogP contribution in [0.25, 0.3) is 10.2 Å². The van der Waals surface area contributed by atoms with Crippen molar-refractivity contribution in [3.63, 3.8) is 0 Å². The van der Waals surface area contributed by atoms with Crippen molar-refractivity contribution in [1.29, 1.82) is 0 Å². The number of carbonyl (C=O) groups excluding carboxylic acids is 1. The first-order valence-electron chi connectivity index (χ1n) is 9.03. The smallest absolute Gasteiger partial charge is 0.226 e. The second-order valence-corrected chi connectivity index (χ2v) is 7.86. The number of hydrogen-bond donors (Lipinski definition) is 2. The molecular formula is C19H29Cl2N3OS. The van der Waals surface area contributed by atoms with Gasteiger partial charge >= 0.3 is 0 Å². The highest BCUT2D eigenvalue weighted by Gasteiger charge is 2.36. The lowest BCUT2D eigenvalue weighted by atomic mass is 9.78. The van der Waals surface area contributed by atoms with Gasteiger partial charge in [0.1, 0.15) is 0 Å². The molecule has 1 unspecified atom stereocenters. The van der Waals surface area contributed by atoms with E-state index in [1.54, 1.807) is 11.3 Å². The van der Waals surface area contributed by atoms with E-state index in [2.05, 4.69) is 30.5 Å². The van der Waals surface area contributed by atoms with Crippen molar-refractivity contribution in [2.24, 2.45) is 5.41 Å². The molecule has 146 valence electrons. The monoisotopic (exact) mass is 417 g/mol. The zero-order valence-corrected chi connectivity index (χ0v) is 17.9. The molecular weight excluding hydrogens is 389 g/mol. The number of nitrogens with zero attached hydrogens (tertiary/aromatic N) is 1. The topological polar surface area (TPSA) is 54.0 Å². The Hall–Kier alpha value is -0.880. The number of thiazole rings is 1. The molecule has 1 aromatic heterocycles. The Morgan fingerprint density at radius 1 is 1.31 bits per heavy atom. The predicted molar refractivity (Wildman–Crippen MR) is 115 cm³/mol. The number of halogens is 2. The summed E-state index contributed by atoms with van der Waals surface area (Å²) in [4.78, 5) is 17.7. The summed E-state index contributed by atoms with van der Waals surface area (Å²) in [6.45, 7) is 6.04. The number of rotatable bonds is 7. The van der Waals surface area contributed by atoms with E-state index in [1.807, 2.05) is 18.2 Å². The quantitative estimate of drug-likeness (QED) is 0.703. The highest BCUT2D eigenvalue weighted by molar-refractivity contribution is 7.18. The molecule has 4 nitrogen and oxygen atoms in total. The minimum atomic E-state index is -0.355. The summed E-state index contributed by atoms with van der Waals surface area (Å²) >= 11 is 1.71. The fourth-order valence-corrected chi connectivity index (χ4v) is 4.63. The first-order valence-corrected chi connectivity index (χ1v) is 9.84. The van der Waals surface area contributed by atoms with E-state index in [0.29, 0.717) is 6.04 Å². The molecule has 2 N–H and O–H groups in total. The number of benzene rings is 1. The van der Waals surface area contributed by atoms with Crippen molar-refractivity contribution in [1.82, 2.24) is 15.6 Å². The van der Waals surface area contributed by atoms with Crippen LogP contribution < -0.4 is 10.6 Å². The Balaban J connectivity index is 0.00000169. The van der Waals surface area contributed by atoms with Gasteiger partial charge in [0, 0.05) is 19.0 Å². The van der Waals surface area contributed by atoms with E-state index >= 15 is 0 Å². The molecule has 26 heavy (non-hydrogen) atoms. The van der Waals surface area contributed by atoms with Crippen molar-refractivity contribution in [3.05, 3.63) is 29.3 Å². The standard InChI is InChI=1S/C19H27N3OS.2ClH/c1-3-19(4-2,18(23)21-13-14-8-7-11-20-14)12-17-22-15-9-5-6-10-16(15)24-17;;/h5-6,9-10,14,20H,3-4,7-8,11-13H2,1-2H3,(H,21,23);2*1H. The fraction of sp³-hybridized carbons (Fsp3) is 0.579. The van der Waals surface area contributed by atoms with Gasteiger partial charge in [0.05, 0.1) is 20.6 Å². The Morgan fingerprint density at radius 3 is 2.65 bits per heavy atom. The normalized spacial score (nSPS) is 16.8. The number of para-hydroxylation sites is 1. The molecule has 0 spiro atoms. The van der Waals surface area contributed by atoms with E-state index in [0.717, 1.165) is 49.3 Å². The minimum absolute atomic E-state index is 0. The molecule has 2 aromatic rings. The van der Waals surface area contributed by atoms with Crippen LogP contribution in [0, 0.1) is 5.41 Å². The molecule has 1 atom stereocenters. The summed E-state index contributed by atoms with van der Waals surface area (Å²) in [6, 6.07) is 8.63. The van der Waals surface area contributed by atoms with Crippen LogP contribution in [0.3, 0.4) is 0 Å². The van der Waals surface area contributed by atoms with Crippen molar-refractivity contribution in [3.8, 4) is 0 Å². The number of nitrogens with one attached hydrogen (secondary N) is 2. The molecule has 3 rings (SSSR count). The van der Waals surface area contributed by atoms with Gasteiger partial charge in [0.15, 0.2) is 0 Å². The SMILES string of the molecule is CCC(CC)(Cc1nc2ccccc2s1)C(=O)NCC1CCCN1.Cl.Cl. The van der Waals surface area contributed by atoms with E-state index < -0.39 is 0 Å². The second-order valence-electron chi connectivity index (χ2n) is 6.74. The summed E-state index contributed by atoms with van der Waals surface area (Å²) in [5.41, 5.74) is 0.682. The summed E-state index contributed by atoms with van der Waals surface area (Å²) in [5.74, 6) is 0.181. The summed E-state index contributed by atoms with van der Waals surface area (Å²) in [7, 11) is 0. The van der Waals surface area contributed by atoms with Crippen molar-refractivity contribution < 1.29 is 4.79 Å². The number of amides is 1. The first kappa shape index (κ1) is 23.2. The van der Waals surface area contributed by atoms with Gasteiger partial charge in [-0.25, -0.2) is 4.98 Å². The third-order valence-corrected chi connectivity index (χ3v) is 6.37. The first-order chi connectivity index (χ1) is 11.7. The van der Waals surface area contributed by atoms with Crippen LogP contribution in [0.15, 0.2) is 24.3 Å². The molecule has 1 aliphatic heterocycles. The van der Waals surface area contributed by atoms with Crippen molar-refractivity contribution in [2.75, 3.05) is 13.1 Å². The minimum Gasteiger partial charge on any atom is -0.354 e. The lowest BCUT2D eigenvalue weighted by Gasteiger charge is -2.30. The molecule has 0 bridgehead atoms. The molecule has 1 fully saturated rings. The van der Waals surface area contributed by atoms with Gasteiger partial charge in [-0.05, 0) is 44.4 Å². The van der Waals surface area contributed by atoms with Gasteiger partial charge in [-0.15, -0.1) is 36.2 Å². The molecule has 1 aromatic carbocycles. The maximum Gasteiger partial charge on any atom is 0.226 e. The summed E-state index contributed by atoms with van der Waals surface area (Å²) in [6.07, 6.45) is 4.76. The lowest BCUT2D eigenvalue weighted by Crippen LogP contribution is -2.46. The van der Waals surface area contributed by atoms with Crippen LogP contribution in [0.2, 0.25) is 0 Å². The van der Waals surface area contributed by atoms with Crippen LogP contribution in [-0.4, -0.2) is 30.0 Å². The fourth-order valence-electron chi connectivity index (χ4n) is 3.52. The van der Waals surface area contributed by atoms with Crippen molar-refractivity contribution >= 4 is 52.3 Å². The van der Waals surface area contributed by atoms with Crippen LogP contribution in [0.4, 0.5) is 0 Å². The van der Waals surface area contributed by atoms with Gasteiger partial charge < -0.3 is 10.6 Å². The third kappa shape index (κ3) is 5.10. The third-order valence-electron chi connectivity index (χ3n) is 5.33. The zero-order valence-electron chi connectivity index (χ0n) is 15.4.